The van der Waals surface area contributed by atoms with Crippen LogP contribution in [0.1, 0.15) is 11.1 Å². The minimum Gasteiger partial charge on any atom is -0.491 e. The van der Waals surface area contributed by atoms with Crippen LogP contribution in [0.3, 0.4) is 0 Å². The average molecular weight is 305 g/mol. The van der Waals surface area contributed by atoms with Gasteiger partial charge in [0.25, 0.3) is 0 Å². The summed E-state index contributed by atoms with van der Waals surface area (Å²) in [5, 5.41) is 2.93. The molecular weight excluding hydrogens is 286 g/mol. The summed E-state index contributed by atoms with van der Waals surface area (Å²) in [5.41, 5.74) is 2.31. The second-order valence-corrected chi connectivity index (χ2v) is 5.42. The van der Waals surface area contributed by atoms with E-state index in [9.17, 15) is 4.79 Å². The van der Waals surface area contributed by atoms with Crippen molar-refractivity contribution in [1.29, 1.82) is 0 Å². The Kier molecular flexibility index (Phi) is 4.89. The van der Waals surface area contributed by atoms with Crippen molar-refractivity contribution >= 4 is 12.0 Å². The van der Waals surface area contributed by atoms with Gasteiger partial charge in [-0.05, 0) is 23.6 Å². The number of nitrogens with one attached hydrogen (secondary N) is 1. The van der Waals surface area contributed by atoms with E-state index in [0.717, 1.165) is 12.0 Å². The van der Waals surface area contributed by atoms with Crippen molar-refractivity contribution < 1.29 is 9.53 Å². The molecule has 116 valence electrons. The highest BCUT2D eigenvalue weighted by atomic mass is 16.5. The lowest BCUT2D eigenvalue weighted by Crippen LogP contribution is -2.31. The van der Waals surface area contributed by atoms with Gasteiger partial charge in [0.05, 0.1) is 6.04 Å². The van der Waals surface area contributed by atoms with Gasteiger partial charge in [0.2, 0.25) is 5.91 Å². The highest BCUT2D eigenvalue weighted by molar-refractivity contribution is 5.91. The number of benzene rings is 2. The van der Waals surface area contributed by atoms with Crippen LogP contribution in [0, 0.1) is 0 Å². The zero-order chi connectivity index (χ0) is 15.9. The minimum atomic E-state index is -0.0898. The zero-order valence-corrected chi connectivity index (χ0v) is 12.8. The van der Waals surface area contributed by atoms with Crippen LogP contribution >= 0.6 is 0 Å². The summed E-state index contributed by atoms with van der Waals surface area (Å²) in [6.07, 6.45) is 6.25. The molecule has 0 saturated heterocycles. The molecule has 0 unspecified atom stereocenters. The Hall–Kier alpha value is -2.81. The molecule has 0 aliphatic carbocycles. The van der Waals surface area contributed by atoms with Crippen molar-refractivity contribution in [1.82, 2.24) is 5.32 Å². The Labute approximate surface area is 136 Å². The van der Waals surface area contributed by atoms with E-state index in [-0.39, 0.29) is 11.9 Å². The molecular formula is C20H19NO2. The van der Waals surface area contributed by atoms with E-state index >= 15 is 0 Å². The molecule has 1 atom stereocenters. The molecule has 3 rings (SSSR count). The third-order valence-electron chi connectivity index (χ3n) is 3.67. The van der Waals surface area contributed by atoms with E-state index in [1.54, 1.807) is 6.08 Å². The monoisotopic (exact) mass is 305 g/mol. The molecule has 0 saturated carbocycles. The first-order valence-electron chi connectivity index (χ1n) is 7.72. The Morgan fingerprint density at radius 2 is 1.70 bits per heavy atom. The molecule has 23 heavy (non-hydrogen) atoms. The van der Waals surface area contributed by atoms with Gasteiger partial charge >= 0.3 is 0 Å². The molecule has 1 aliphatic heterocycles. The smallest absolute Gasteiger partial charge is 0.248 e. The van der Waals surface area contributed by atoms with Crippen LogP contribution in [-0.2, 0) is 16.0 Å². The van der Waals surface area contributed by atoms with Gasteiger partial charge < -0.3 is 10.1 Å². The lowest BCUT2D eigenvalue weighted by Gasteiger charge is -2.15. The summed E-state index contributed by atoms with van der Waals surface area (Å²) in [7, 11) is 0. The quantitative estimate of drug-likeness (QED) is 0.889. The molecule has 0 aromatic heterocycles. The molecule has 2 aromatic rings. The number of ether oxygens (including phenoxy) is 1. The number of carbonyl (C=O) groups excluding carboxylic acids is 1. The first-order valence-corrected chi connectivity index (χ1v) is 7.72. The largest absolute Gasteiger partial charge is 0.491 e. The molecule has 0 radical (unpaired) electrons. The van der Waals surface area contributed by atoms with Crippen molar-refractivity contribution in [2.75, 3.05) is 6.61 Å². The predicted octanol–water partition coefficient (Wildman–Crippen LogP) is 3.34. The number of hydrogen-bond donors (Lipinski definition) is 1. The summed E-state index contributed by atoms with van der Waals surface area (Å²) in [4.78, 5) is 11.6. The second-order valence-electron chi connectivity index (χ2n) is 5.42. The van der Waals surface area contributed by atoms with E-state index in [4.69, 9.17) is 4.74 Å². The third kappa shape index (κ3) is 4.33. The Morgan fingerprint density at radius 3 is 2.43 bits per heavy atom. The fourth-order valence-corrected chi connectivity index (χ4v) is 2.55. The van der Waals surface area contributed by atoms with Crippen LogP contribution in [-0.4, -0.2) is 18.6 Å². The minimum absolute atomic E-state index is 0.0879. The van der Waals surface area contributed by atoms with Gasteiger partial charge in [-0.25, -0.2) is 0 Å². The molecule has 3 heteroatoms. The van der Waals surface area contributed by atoms with E-state index in [0.29, 0.717) is 12.4 Å². The van der Waals surface area contributed by atoms with Gasteiger partial charge in [-0.1, -0.05) is 66.7 Å². The van der Waals surface area contributed by atoms with Crippen LogP contribution in [0.2, 0.25) is 0 Å². The maximum absolute atomic E-state index is 11.6. The van der Waals surface area contributed by atoms with E-state index in [1.165, 1.54) is 5.56 Å². The van der Waals surface area contributed by atoms with Gasteiger partial charge in [0.1, 0.15) is 12.4 Å². The summed E-state index contributed by atoms with van der Waals surface area (Å²) in [6, 6.07) is 20.1. The maximum atomic E-state index is 11.6. The summed E-state index contributed by atoms with van der Waals surface area (Å²) in [6.45, 7) is 0.445. The van der Waals surface area contributed by atoms with Crippen molar-refractivity contribution in [2.45, 2.75) is 12.5 Å². The topological polar surface area (TPSA) is 38.3 Å². The summed E-state index contributed by atoms with van der Waals surface area (Å²) >= 11 is 0. The molecule has 2 aromatic carbocycles. The Morgan fingerprint density at radius 1 is 1.00 bits per heavy atom. The van der Waals surface area contributed by atoms with Gasteiger partial charge in [-0.2, -0.15) is 0 Å². The predicted molar refractivity (Wildman–Crippen MR) is 91.6 cm³/mol. The standard InChI is InChI=1S/C20H19NO2/c22-20-15-19(18(21-20)14-17-10-5-2-6-11-17)23-13-7-12-16-8-3-1-4-9-16/h1-12,15,18H,13-14H2,(H,21,22)/b12-7+/t18-/m0/s1. The highest BCUT2D eigenvalue weighted by Gasteiger charge is 2.25. The van der Waals surface area contributed by atoms with Crippen LogP contribution in [0.4, 0.5) is 0 Å². The zero-order valence-electron chi connectivity index (χ0n) is 12.8. The van der Waals surface area contributed by atoms with Crippen molar-refractivity contribution in [3.05, 3.63) is 89.7 Å². The van der Waals surface area contributed by atoms with Crippen LogP contribution in [0.15, 0.2) is 78.6 Å². The van der Waals surface area contributed by atoms with Crippen LogP contribution in [0.5, 0.6) is 0 Å². The second kappa shape index (κ2) is 7.45. The number of rotatable bonds is 6. The number of carbonyl (C=O) groups is 1. The van der Waals surface area contributed by atoms with Crippen molar-refractivity contribution in [3.8, 4) is 0 Å². The lowest BCUT2D eigenvalue weighted by atomic mass is 10.1. The summed E-state index contributed by atoms with van der Waals surface area (Å²) < 4.78 is 5.77. The molecule has 0 bridgehead atoms. The molecule has 1 heterocycles. The van der Waals surface area contributed by atoms with Gasteiger partial charge in [-0.3, -0.25) is 4.79 Å². The molecule has 1 amide bonds. The lowest BCUT2D eigenvalue weighted by molar-refractivity contribution is -0.116. The number of amides is 1. The van der Waals surface area contributed by atoms with Crippen LogP contribution < -0.4 is 5.32 Å². The normalized spacial score (nSPS) is 17.1. The Bertz CT molecular complexity index is 705. The fourth-order valence-electron chi connectivity index (χ4n) is 2.55. The fraction of sp³-hybridized carbons (Fsp3) is 0.150. The van der Waals surface area contributed by atoms with Gasteiger partial charge in [0, 0.05) is 6.08 Å². The van der Waals surface area contributed by atoms with E-state index in [1.807, 2.05) is 60.7 Å². The first kappa shape index (κ1) is 15.1. The molecule has 0 spiro atoms. The van der Waals surface area contributed by atoms with Gasteiger partial charge in [-0.15, -0.1) is 0 Å². The van der Waals surface area contributed by atoms with E-state index in [2.05, 4.69) is 17.4 Å². The average Bonchev–Trinajstić information content (AvgIpc) is 2.93. The van der Waals surface area contributed by atoms with E-state index < -0.39 is 0 Å². The van der Waals surface area contributed by atoms with Crippen LogP contribution in [0.25, 0.3) is 6.08 Å². The Balaban J connectivity index is 1.56. The molecule has 1 aliphatic rings. The van der Waals surface area contributed by atoms with Gasteiger partial charge in [0.15, 0.2) is 0 Å². The van der Waals surface area contributed by atoms with Crippen molar-refractivity contribution in [2.24, 2.45) is 0 Å². The first-order chi connectivity index (χ1) is 11.3. The van der Waals surface area contributed by atoms with Crippen molar-refractivity contribution in [3.63, 3.8) is 0 Å². The number of hydrogen-bond acceptors (Lipinski definition) is 2. The highest BCUT2D eigenvalue weighted by Crippen LogP contribution is 2.16. The molecule has 3 nitrogen and oxygen atoms in total. The maximum Gasteiger partial charge on any atom is 0.248 e. The summed E-state index contributed by atoms with van der Waals surface area (Å²) in [5.74, 6) is 0.615. The molecule has 1 N–H and O–H groups in total. The molecule has 0 fully saturated rings. The SMILES string of the molecule is O=C1C=C(OC/C=C/c2ccccc2)[C@H](Cc2ccccc2)N1. The third-order valence-corrected chi connectivity index (χ3v) is 3.67.